The summed E-state index contributed by atoms with van der Waals surface area (Å²) in [7, 11) is -6.00. The van der Waals surface area contributed by atoms with Crippen molar-refractivity contribution in [3.63, 3.8) is 0 Å². The first-order chi connectivity index (χ1) is 12.7. The largest absolute Gasteiger partial charge is 0.486 e. The number of carbonyl (C=O) groups is 1. The van der Waals surface area contributed by atoms with Crippen LogP contribution in [-0.2, 0) is 24.7 Å². The van der Waals surface area contributed by atoms with Crippen molar-refractivity contribution >= 4 is 25.8 Å². The van der Waals surface area contributed by atoms with E-state index in [1.54, 1.807) is 6.07 Å². The molecular formula is C16H22N2O7S2. The lowest BCUT2D eigenvalue weighted by molar-refractivity contribution is -0.118. The van der Waals surface area contributed by atoms with Gasteiger partial charge in [-0.05, 0) is 25.0 Å². The Labute approximate surface area is 158 Å². The van der Waals surface area contributed by atoms with Crippen molar-refractivity contribution in [1.82, 2.24) is 9.62 Å². The van der Waals surface area contributed by atoms with Crippen molar-refractivity contribution in [1.29, 1.82) is 0 Å². The molecule has 9 nitrogen and oxygen atoms in total. The fourth-order valence-electron chi connectivity index (χ4n) is 3.14. The summed E-state index contributed by atoms with van der Waals surface area (Å²) in [6.45, 7) is 0.922. The van der Waals surface area contributed by atoms with E-state index in [2.05, 4.69) is 5.32 Å². The number of sulfone groups is 1. The maximum absolute atomic E-state index is 12.9. The van der Waals surface area contributed by atoms with Gasteiger partial charge in [0.25, 0.3) is 0 Å². The molecule has 150 valence electrons. The summed E-state index contributed by atoms with van der Waals surface area (Å²) in [6.07, 6.45) is 0.312. The quantitative estimate of drug-likeness (QED) is 0.702. The highest BCUT2D eigenvalue weighted by Gasteiger charge is 2.36. The number of sulfonamides is 1. The molecule has 3 rings (SSSR count). The van der Waals surface area contributed by atoms with Crippen molar-refractivity contribution in [2.45, 2.75) is 23.0 Å². The maximum Gasteiger partial charge on any atom is 0.243 e. The smallest absolute Gasteiger partial charge is 0.243 e. The van der Waals surface area contributed by atoms with Crippen LogP contribution in [0.25, 0.3) is 0 Å². The monoisotopic (exact) mass is 418 g/mol. The average Bonchev–Trinajstić information content (AvgIpc) is 2.67. The summed E-state index contributed by atoms with van der Waals surface area (Å²) in [4.78, 5) is 11.5. The number of benzene rings is 1. The molecule has 2 aliphatic heterocycles. The zero-order valence-electron chi connectivity index (χ0n) is 14.9. The summed E-state index contributed by atoms with van der Waals surface area (Å²) >= 11 is 0. The second-order valence-corrected chi connectivity index (χ2v) is 10.6. The molecule has 1 aromatic carbocycles. The van der Waals surface area contributed by atoms with Gasteiger partial charge >= 0.3 is 0 Å². The zero-order valence-corrected chi connectivity index (χ0v) is 16.5. The third-order valence-electron chi connectivity index (χ3n) is 4.67. The number of hydrogen-bond acceptors (Lipinski definition) is 7. The van der Waals surface area contributed by atoms with E-state index < -0.39 is 36.8 Å². The van der Waals surface area contributed by atoms with Gasteiger partial charge in [0.05, 0.1) is 10.1 Å². The molecular weight excluding hydrogens is 396 g/mol. The van der Waals surface area contributed by atoms with Gasteiger partial charge in [-0.15, -0.1) is 0 Å². The molecule has 0 unspecified atom stereocenters. The van der Waals surface area contributed by atoms with Gasteiger partial charge < -0.3 is 14.8 Å². The normalized spacial score (nSPS) is 18.9. The number of nitrogens with one attached hydrogen (secondary N) is 1. The average molecular weight is 418 g/mol. The highest BCUT2D eigenvalue weighted by atomic mass is 32.2. The summed E-state index contributed by atoms with van der Waals surface area (Å²) in [6, 6.07) is 4.44. The van der Waals surface area contributed by atoms with Gasteiger partial charge in [0.1, 0.15) is 19.0 Å². The molecule has 1 amide bonds. The fourth-order valence-corrected chi connectivity index (χ4v) is 6.30. The van der Waals surface area contributed by atoms with E-state index in [1.807, 2.05) is 0 Å². The third kappa shape index (κ3) is 4.19. The number of rotatable bonds is 5. The summed E-state index contributed by atoms with van der Waals surface area (Å²) in [5, 5.41) is 1.57. The lowest BCUT2D eigenvalue weighted by atomic mass is 10.2. The van der Waals surface area contributed by atoms with Crippen LogP contribution in [0.3, 0.4) is 0 Å². The van der Waals surface area contributed by atoms with Crippen LogP contribution < -0.4 is 14.8 Å². The van der Waals surface area contributed by atoms with Crippen LogP contribution in [0.15, 0.2) is 23.1 Å². The Kier molecular flexibility index (Phi) is 5.63. The van der Waals surface area contributed by atoms with Crippen molar-refractivity contribution in [2.75, 3.05) is 39.1 Å². The summed E-state index contributed by atoms with van der Waals surface area (Å²) < 4.78 is 62.4. The van der Waals surface area contributed by atoms with Crippen LogP contribution in [0.1, 0.15) is 12.8 Å². The van der Waals surface area contributed by atoms with E-state index in [9.17, 15) is 21.6 Å². The molecule has 0 saturated carbocycles. The Morgan fingerprint density at radius 1 is 1.11 bits per heavy atom. The maximum atomic E-state index is 12.9. The highest BCUT2D eigenvalue weighted by molar-refractivity contribution is 7.92. The van der Waals surface area contributed by atoms with Gasteiger partial charge in [0.2, 0.25) is 15.9 Å². The highest BCUT2D eigenvalue weighted by Crippen LogP contribution is 2.34. The second kappa shape index (κ2) is 7.64. The number of nitrogens with zero attached hydrogens (tertiary/aromatic N) is 1. The number of carbonyl (C=O) groups excluding carboxylic acids is 1. The van der Waals surface area contributed by atoms with Gasteiger partial charge in [-0.2, -0.15) is 4.31 Å². The molecule has 1 fully saturated rings. The van der Waals surface area contributed by atoms with Crippen molar-refractivity contribution in [3.8, 4) is 11.5 Å². The Morgan fingerprint density at radius 3 is 2.37 bits per heavy atom. The number of piperidine rings is 1. The Balaban J connectivity index is 1.71. The molecule has 0 bridgehead atoms. The third-order valence-corrected chi connectivity index (χ3v) is 8.72. The molecule has 0 atom stereocenters. The number of ether oxygens (including phenoxy) is 2. The first kappa shape index (κ1) is 19.9. The Bertz CT molecular complexity index is 920. The van der Waals surface area contributed by atoms with E-state index in [1.165, 1.54) is 23.5 Å². The Hall–Kier alpha value is -1.85. The van der Waals surface area contributed by atoms with E-state index in [0.717, 1.165) is 0 Å². The van der Waals surface area contributed by atoms with Gasteiger partial charge in [-0.25, -0.2) is 16.8 Å². The molecule has 0 radical (unpaired) electrons. The van der Waals surface area contributed by atoms with Gasteiger partial charge in [-0.1, -0.05) is 0 Å². The fraction of sp³-hybridized carbons (Fsp3) is 0.562. The van der Waals surface area contributed by atoms with Gasteiger partial charge in [0, 0.05) is 26.2 Å². The predicted octanol–water partition coefficient (Wildman–Crippen LogP) is -0.228. The van der Waals surface area contributed by atoms with Crippen LogP contribution >= 0.6 is 0 Å². The summed E-state index contributed by atoms with van der Waals surface area (Å²) in [5.41, 5.74) is 0. The molecule has 0 aliphatic carbocycles. The van der Waals surface area contributed by atoms with E-state index in [4.69, 9.17) is 9.47 Å². The van der Waals surface area contributed by atoms with Crippen molar-refractivity contribution < 1.29 is 31.1 Å². The van der Waals surface area contributed by atoms with E-state index >= 15 is 0 Å². The van der Waals surface area contributed by atoms with Crippen LogP contribution in [0.2, 0.25) is 0 Å². The topological polar surface area (TPSA) is 119 Å². The van der Waals surface area contributed by atoms with Gasteiger partial charge in [0.15, 0.2) is 21.3 Å². The number of amides is 1. The van der Waals surface area contributed by atoms with E-state index in [0.29, 0.717) is 24.7 Å². The molecule has 1 aromatic rings. The molecule has 2 aliphatic rings. The molecule has 2 heterocycles. The Morgan fingerprint density at radius 2 is 1.74 bits per heavy atom. The zero-order chi connectivity index (χ0) is 19.7. The molecule has 1 saturated heterocycles. The van der Waals surface area contributed by atoms with E-state index in [-0.39, 0.29) is 30.8 Å². The first-order valence-electron chi connectivity index (χ1n) is 8.56. The van der Waals surface area contributed by atoms with Crippen LogP contribution in [0.4, 0.5) is 0 Å². The minimum Gasteiger partial charge on any atom is -0.486 e. The predicted molar refractivity (Wildman–Crippen MR) is 97.1 cm³/mol. The lowest BCUT2D eigenvalue weighted by Crippen LogP contribution is -2.44. The summed E-state index contributed by atoms with van der Waals surface area (Å²) in [5.74, 6) is -0.269. The first-order valence-corrected chi connectivity index (χ1v) is 11.7. The molecule has 0 spiro atoms. The SMILES string of the molecule is CNC(=O)CS(=O)(=O)C1CCN(S(=O)(=O)c2ccc3c(c2)OCCO3)CC1. The number of fused-ring (bicyclic) bond motifs is 1. The van der Waals surface area contributed by atoms with Crippen LogP contribution in [-0.4, -0.2) is 71.4 Å². The van der Waals surface area contributed by atoms with Crippen LogP contribution in [0, 0.1) is 0 Å². The lowest BCUT2D eigenvalue weighted by Gasteiger charge is -2.31. The minimum atomic E-state index is -3.77. The molecule has 27 heavy (non-hydrogen) atoms. The number of hydrogen-bond donors (Lipinski definition) is 1. The van der Waals surface area contributed by atoms with Crippen molar-refractivity contribution in [3.05, 3.63) is 18.2 Å². The second-order valence-electron chi connectivity index (χ2n) is 6.39. The van der Waals surface area contributed by atoms with Crippen LogP contribution in [0.5, 0.6) is 11.5 Å². The van der Waals surface area contributed by atoms with Gasteiger partial charge in [-0.3, -0.25) is 4.79 Å². The molecule has 0 aromatic heterocycles. The molecule has 1 N–H and O–H groups in total. The minimum absolute atomic E-state index is 0.0778. The standard InChI is InChI=1S/C16H22N2O7S2/c1-17-16(19)11-26(20,21)12-4-6-18(7-5-12)27(22,23)13-2-3-14-15(10-13)25-9-8-24-14/h2-3,10,12H,4-9,11H2,1H3,(H,17,19). The van der Waals surface area contributed by atoms with Crippen molar-refractivity contribution in [2.24, 2.45) is 0 Å². The molecule has 11 heteroatoms.